The smallest absolute Gasteiger partial charge is 0.319 e. The first-order valence-electron chi connectivity index (χ1n) is 7.96. The van der Waals surface area contributed by atoms with E-state index in [9.17, 15) is 23.5 Å². The van der Waals surface area contributed by atoms with Crippen molar-refractivity contribution in [1.29, 1.82) is 0 Å². The number of esters is 1. The lowest BCUT2D eigenvalue weighted by atomic mass is 9.91. The molecule has 1 aliphatic rings. The maximum Gasteiger partial charge on any atom is 0.319 e. The van der Waals surface area contributed by atoms with E-state index >= 15 is 0 Å². The molecule has 25 heavy (non-hydrogen) atoms. The van der Waals surface area contributed by atoms with E-state index in [1.54, 1.807) is 7.05 Å². The molecule has 0 saturated carbocycles. The molecule has 1 amide bonds. The van der Waals surface area contributed by atoms with Crippen molar-refractivity contribution in [2.45, 2.75) is 25.0 Å². The van der Waals surface area contributed by atoms with Crippen molar-refractivity contribution in [1.82, 2.24) is 9.80 Å². The van der Waals surface area contributed by atoms with Gasteiger partial charge < -0.3 is 14.7 Å². The van der Waals surface area contributed by atoms with Crippen molar-refractivity contribution in [3.05, 3.63) is 35.4 Å². The second kappa shape index (κ2) is 7.88. The number of hydrogen-bond donors (Lipinski definition) is 1. The number of nitrogens with zero attached hydrogens (tertiary/aromatic N) is 2. The van der Waals surface area contributed by atoms with Crippen molar-refractivity contribution in [2.24, 2.45) is 0 Å². The second-order valence-electron chi connectivity index (χ2n) is 6.36. The topological polar surface area (TPSA) is 70.1 Å². The molecule has 0 aromatic heterocycles. The van der Waals surface area contributed by atoms with Gasteiger partial charge in [0.15, 0.2) is 17.2 Å². The predicted molar refractivity (Wildman–Crippen MR) is 85.5 cm³/mol. The van der Waals surface area contributed by atoms with Gasteiger partial charge in [-0.1, -0.05) is 6.07 Å². The van der Waals surface area contributed by atoms with Gasteiger partial charge in [0, 0.05) is 19.6 Å². The SMILES string of the molecule is COC(=O)CN(C)CC1(O)CCCN(Cc2ccc(F)c(F)c2)C1=O. The third-order valence-electron chi connectivity index (χ3n) is 4.22. The maximum atomic E-state index is 13.3. The molecule has 138 valence electrons. The van der Waals surface area contributed by atoms with Crippen LogP contribution in [0.25, 0.3) is 0 Å². The largest absolute Gasteiger partial charge is 0.468 e. The fourth-order valence-electron chi connectivity index (χ4n) is 3.01. The number of likely N-dealkylation sites (N-methyl/N-ethyl adjacent to an activating group) is 1. The van der Waals surface area contributed by atoms with Crippen LogP contribution in [0.5, 0.6) is 0 Å². The molecule has 6 nitrogen and oxygen atoms in total. The summed E-state index contributed by atoms with van der Waals surface area (Å²) in [5.74, 6) is -2.88. The highest BCUT2D eigenvalue weighted by atomic mass is 19.2. The van der Waals surface area contributed by atoms with Crippen LogP contribution >= 0.6 is 0 Å². The van der Waals surface area contributed by atoms with Gasteiger partial charge in [-0.15, -0.1) is 0 Å². The van der Waals surface area contributed by atoms with Crippen molar-refractivity contribution in [3.8, 4) is 0 Å². The third-order valence-corrected chi connectivity index (χ3v) is 4.22. The molecule has 0 bridgehead atoms. The Bertz CT molecular complexity index is 656. The number of amides is 1. The molecular weight excluding hydrogens is 334 g/mol. The Balaban J connectivity index is 2.05. The Morgan fingerprint density at radius 1 is 1.40 bits per heavy atom. The Morgan fingerprint density at radius 2 is 2.12 bits per heavy atom. The molecule has 1 aromatic rings. The molecule has 1 heterocycles. The van der Waals surface area contributed by atoms with Gasteiger partial charge in [-0.05, 0) is 37.6 Å². The number of carbonyl (C=O) groups excluding carboxylic acids is 2. The van der Waals surface area contributed by atoms with Crippen LogP contribution in [0, 0.1) is 11.6 Å². The number of ether oxygens (including phenoxy) is 1. The van der Waals surface area contributed by atoms with Gasteiger partial charge in [-0.3, -0.25) is 14.5 Å². The number of aliphatic hydroxyl groups is 1. The van der Waals surface area contributed by atoms with Gasteiger partial charge in [-0.2, -0.15) is 0 Å². The number of halogens is 2. The van der Waals surface area contributed by atoms with Crippen molar-refractivity contribution in [2.75, 3.05) is 33.8 Å². The van der Waals surface area contributed by atoms with Crippen LogP contribution in [0.1, 0.15) is 18.4 Å². The minimum atomic E-state index is -1.63. The molecule has 1 atom stereocenters. The van der Waals surface area contributed by atoms with Gasteiger partial charge in [0.25, 0.3) is 5.91 Å². The van der Waals surface area contributed by atoms with E-state index in [0.717, 1.165) is 12.1 Å². The van der Waals surface area contributed by atoms with Crippen LogP contribution < -0.4 is 0 Å². The normalized spacial score (nSPS) is 20.9. The Kier molecular flexibility index (Phi) is 6.07. The van der Waals surface area contributed by atoms with Gasteiger partial charge in [0.1, 0.15) is 0 Å². The fourth-order valence-corrected chi connectivity index (χ4v) is 3.01. The molecule has 1 fully saturated rings. The second-order valence-corrected chi connectivity index (χ2v) is 6.36. The van der Waals surface area contributed by atoms with Crippen LogP contribution in [0.15, 0.2) is 18.2 Å². The summed E-state index contributed by atoms with van der Waals surface area (Å²) in [5.41, 5.74) is -1.18. The zero-order valence-corrected chi connectivity index (χ0v) is 14.3. The minimum Gasteiger partial charge on any atom is -0.468 e. The number of hydrogen-bond acceptors (Lipinski definition) is 5. The Morgan fingerprint density at radius 3 is 2.76 bits per heavy atom. The number of likely N-dealkylation sites (tertiary alicyclic amines) is 1. The highest BCUT2D eigenvalue weighted by Gasteiger charge is 2.43. The average molecular weight is 356 g/mol. The first-order valence-corrected chi connectivity index (χ1v) is 7.96. The lowest BCUT2D eigenvalue weighted by molar-refractivity contribution is -0.161. The third kappa shape index (κ3) is 4.73. The maximum absolute atomic E-state index is 13.3. The predicted octanol–water partition coefficient (Wildman–Crippen LogP) is 0.923. The minimum absolute atomic E-state index is 0.0186. The summed E-state index contributed by atoms with van der Waals surface area (Å²) in [5, 5.41) is 10.7. The quantitative estimate of drug-likeness (QED) is 0.768. The molecule has 1 saturated heterocycles. The lowest BCUT2D eigenvalue weighted by Crippen LogP contribution is -2.58. The van der Waals surface area contributed by atoms with E-state index < -0.39 is 29.1 Å². The summed E-state index contributed by atoms with van der Waals surface area (Å²) in [6.07, 6.45) is 0.837. The summed E-state index contributed by atoms with van der Waals surface area (Å²) in [6.45, 7) is 0.435. The molecule has 8 heteroatoms. The Labute approximate surface area is 145 Å². The number of carbonyl (C=O) groups is 2. The summed E-state index contributed by atoms with van der Waals surface area (Å²) in [7, 11) is 2.87. The molecular formula is C17H22F2N2O4. The van der Waals surface area contributed by atoms with Crippen LogP contribution in [0.4, 0.5) is 8.78 Å². The van der Waals surface area contributed by atoms with Gasteiger partial charge in [0.2, 0.25) is 0 Å². The van der Waals surface area contributed by atoms with E-state index in [0.29, 0.717) is 18.5 Å². The number of rotatable bonds is 6. The van der Waals surface area contributed by atoms with Crippen LogP contribution in [-0.2, 0) is 20.9 Å². The van der Waals surface area contributed by atoms with Gasteiger partial charge >= 0.3 is 5.97 Å². The molecule has 2 rings (SSSR count). The zero-order chi connectivity index (χ0) is 18.6. The standard InChI is InChI=1S/C17H22F2N2O4/c1-20(10-15(22)25-2)11-17(24)6-3-7-21(16(17)23)9-12-4-5-13(18)14(19)8-12/h4-5,8,24H,3,6-7,9-11H2,1-2H3. The molecule has 0 spiro atoms. The fraction of sp³-hybridized carbons (Fsp3) is 0.529. The van der Waals surface area contributed by atoms with Gasteiger partial charge in [0.05, 0.1) is 13.7 Å². The van der Waals surface area contributed by atoms with Gasteiger partial charge in [-0.25, -0.2) is 8.78 Å². The molecule has 1 N–H and O–H groups in total. The zero-order valence-electron chi connectivity index (χ0n) is 14.3. The Hall–Kier alpha value is -2.06. The molecule has 1 unspecified atom stereocenters. The van der Waals surface area contributed by atoms with Crippen LogP contribution in [-0.4, -0.2) is 66.2 Å². The molecule has 0 aliphatic carbocycles. The number of piperidine rings is 1. The molecule has 0 radical (unpaired) electrons. The summed E-state index contributed by atoms with van der Waals surface area (Å²) in [6, 6.07) is 3.46. The van der Waals surface area contributed by atoms with Crippen molar-refractivity contribution < 1.29 is 28.2 Å². The highest BCUT2D eigenvalue weighted by Crippen LogP contribution is 2.25. The lowest BCUT2D eigenvalue weighted by Gasteiger charge is -2.40. The molecule has 1 aliphatic heterocycles. The highest BCUT2D eigenvalue weighted by molar-refractivity contribution is 5.86. The summed E-state index contributed by atoms with van der Waals surface area (Å²) < 4.78 is 30.9. The first-order chi connectivity index (χ1) is 11.7. The van der Waals surface area contributed by atoms with E-state index in [-0.39, 0.29) is 26.1 Å². The molecule has 1 aromatic carbocycles. The van der Waals surface area contributed by atoms with E-state index in [2.05, 4.69) is 4.74 Å². The van der Waals surface area contributed by atoms with Crippen LogP contribution in [0.2, 0.25) is 0 Å². The monoisotopic (exact) mass is 356 g/mol. The average Bonchev–Trinajstić information content (AvgIpc) is 2.55. The number of benzene rings is 1. The first kappa shape index (κ1) is 19.3. The van der Waals surface area contributed by atoms with E-state index in [1.807, 2.05) is 0 Å². The van der Waals surface area contributed by atoms with E-state index in [1.165, 1.54) is 23.0 Å². The van der Waals surface area contributed by atoms with Crippen LogP contribution in [0.3, 0.4) is 0 Å². The van der Waals surface area contributed by atoms with Crippen molar-refractivity contribution in [3.63, 3.8) is 0 Å². The van der Waals surface area contributed by atoms with E-state index in [4.69, 9.17) is 0 Å². The summed E-state index contributed by atoms with van der Waals surface area (Å²) in [4.78, 5) is 26.9. The van der Waals surface area contributed by atoms with Crippen molar-refractivity contribution >= 4 is 11.9 Å². The summed E-state index contributed by atoms with van der Waals surface area (Å²) >= 11 is 0. The number of methoxy groups -OCH3 is 1.